The maximum Gasteiger partial charge on any atom is 0.0971 e. The summed E-state index contributed by atoms with van der Waals surface area (Å²) in [6.07, 6.45) is 10.7. The van der Waals surface area contributed by atoms with Crippen LogP contribution < -0.4 is 0 Å². The molecule has 1 N–H and O–H groups in total. The van der Waals surface area contributed by atoms with Gasteiger partial charge in [0.1, 0.15) is 0 Å². The Balaban J connectivity index is 2.10. The second-order valence-corrected chi connectivity index (χ2v) is 4.90. The Morgan fingerprint density at radius 1 is 1.24 bits per heavy atom. The fourth-order valence-electron chi connectivity index (χ4n) is 2.44. The first-order valence-corrected chi connectivity index (χ1v) is 6.77. The van der Waals surface area contributed by atoms with Gasteiger partial charge in [0.2, 0.25) is 0 Å². The van der Waals surface area contributed by atoms with Crippen molar-refractivity contribution < 1.29 is 5.11 Å². The van der Waals surface area contributed by atoms with Crippen LogP contribution in [0.1, 0.15) is 55.4 Å². The lowest BCUT2D eigenvalue weighted by atomic mass is 9.89. The summed E-state index contributed by atoms with van der Waals surface area (Å²) in [5.74, 6) is 0. The molecule has 1 aromatic carbocycles. The van der Waals surface area contributed by atoms with Crippen molar-refractivity contribution in [3.8, 4) is 0 Å². The molecular formula is C16H22O. The quantitative estimate of drug-likeness (QED) is 0.776. The highest BCUT2D eigenvalue weighted by atomic mass is 16.3. The molecule has 0 heterocycles. The number of hydrogen-bond donors (Lipinski definition) is 1. The summed E-state index contributed by atoms with van der Waals surface area (Å²) in [5, 5.41) is 10.1. The summed E-state index contributed by atoms with van der Waals surface area (Å²) in [6, 6.07) is 6.46. The zero-order chi connectivity index (χ0) is 12.1. The third-order valence-corrected chi connectivity index (χ3v) is 3.49. The van der Waals surface area contributed by atoms with Crippen LogP contribution in [0.4, 0.5) is 0 Å². The highest BCUT2D eigenvalue weighted by Crippen LogP contribution is 2.25. The molecule has 1 atom stereocenters. The van der Waals surface area contributed by atoms with Crippen molar-refractivity contribution in [2.75, 3.05) is 0 Å². The molecule has 92 valence electrons. The van der Waals surface area contributed by atoms with Crippen LogP contribution in [0.3, 0.4) is 0 Å². The highest BCUT2D eigenvalue weighted by molar-refractivity contribution is 5.35. The Hall–Kier alpha value is -1.08. The molecule has 1 heteroatoms. The lowest BCUT2D eigenvalue weighted by molar-refractivity contribution is 0.228. The number of fused-ring (bicyclic) bond motifs is 1. The van der Waals surface area contributed by atoms with Crippen LogP contribution >= 0.6 is 0 Å². The summed E-state index contributed by atoms with van der Waals surface area (Å²) in [5.41, 5.74) is 3.96. The van der Waals surface area contributed by atoms with Gasteiger partial charge in [-0.3, -0.25) is 0 Å². The highest BCUT2D eigenvalue weighted by Gasteiger charge is 2.11. The summed E-state index contributed by atoms with van der Waals surface area (Å²) in [7, 11) is 0. The van der Waals surface area contributed by atoms with E-state index in [-0.39, 0.29) is 0 Å². The van der Waals surface area contributed by atoms with E-state index in [1.54, 1.807) is 0 Å². The predicted octanol–water partition coefficient (Wildman–Crippen LogP) is 3.96. The Bertz CT molecular complexity index is 393. The number of aliphatic hydroxyl groups is 1. The first kappa shape index (κ1) is 12.4. The molecule has 0 aromatic heterocycles. The van der Waals surface area contributed by atoms with Gasteiger partial charge in [0.25, 0.3) is 0 Å². The topological polar surface area (TPSA) is 20.2 Å². The molecule has 0 amide bonds. The summed E-state index contributed by atoms with van der Waals surface area (Å²) in [6.45, 7) is 2.15. The van der Waals surface area contributed by atoms with E-state index < -0.39 is 6.10 Å². The molecule has 0 aliphatic heterocycles. The standard InChI is InChI=1S/C16H22O/c1-2-3-4-9-16(17)15-11-10-13-7-5-6-8-14(13)12-15/h4,9-12,16-17H,2-3,5-8H2,1H3. The fourth-order valence-corrected chi connectivity index (χ4v) is 2.44. The fraction of sp³-hybridized carbons (Fsp3) is 0.500. The van der Waals surface area contributed by atoms with Crippen LogP contribution in [0.25, 0.3) is 0 Å². The first-order valence-electron chi connectivity index (χ1n) is 6.77. The van der Waals surface area contributed by atoms with Crippen molar-refractivity contribution in [3.05, 3.63) is 47.0 Å². The minimum absolute atomic E-state index is 0.436. The Kier molecular flexibility index (Phi) is 4.38. The number of allylic oxidation sites excluding steroid dienone is 1. The number of unbranched alkanes of at least 4 members (excludes halogenated alkanes) is 1. The summed E-state index contributed by atoms with van der Waals surface area (Å²) in [4.78, 5) is 0. The monoisotopic (exact) mass is 230 g/mol. The summed E-state index contributed by atoms with van der Waals surface area (Å²) >= 11 is 0. The van der Waals surface area contributed by atoms with E-state index in [1.165, 1.54) is 36.8 Å². The number of aliphatic hydroxyl groups excluding tert-OH is 1. The first-order chi connectivity index (χ1) is 8.31. The van der Waals surface area contributed by atoms with Gasteiger partial charge < -0.3 is 5.11 Å². The lowest BCUT2D eigenvalue weighted by Crippen LogP contribution is -2.04. The van der Waals surface area contributed by atoms with Gasteiger partial charge >= 0.3 is 0 Å². The van der Waals surface area contributed by atoms with E-state index in [9.17, 15) is 5.11 Å². The van der Waals surface area contributed by atoms with Crippen LogP contribution in [0.2, 0.25) is 0 Å². The normalized spacial score (nSPS) is 17.1. The molecule has 1 aromatic rings. The molecule has 1 aliphatic carbocycles. The van der Waals surface area contributed by atoms with Crippen LogP contribution in [0.15, 0.2) is 30.4 Å². The van der Waals surface area contributed by atoms with Gasteiger partial charge in [-0.2, -0.15) is 0 Å². The molecule has 0 bridgehead atoms. The zero-order valence-electron chi connectivity index (χ0n) is 10.7. The maximum atomic E-state index is 10.1. The van der Waals surface area contributed by atoms with Crippen molar-refractivity contribution in [2.45, 2.75) is 51.6 Å². The van der Waals surface area contributed by atoms with E-state index in [0.717, 1.165) is 18.4 Å². The second-order valence-electron chi connectivity index (χ2n) is 4.90. The van der Waals surface area contributed by atoms with Gasteiger partial charge in [0.15, 0.2) is 0 Å². The minimum atomic E-state index is -0.436. The van der Waals surface area contributed by atoms with Crippen molar-refractivity contribution >= 4 is 0 Å². The molecule has 1 nitrogen and oxygen atoms in total. The maximum absolute atomic E-state index is 10.1. The van der Waals surface area contributed by atoms with Gasteiger partial charge in [-0.05, 0) is 48.8 Å². The predicted molar refractivity (Wildman–Crippen MR) is 72.1 cm³/mol. The number of rotatable bonds is 4. The van der Waals surface area contributed by atoms with Crippen LogP contribution in [0, 0.1) is 0 Å². The van der Waals surface area contributed by atoms with Crippen molar-refractivity contribution in [3.63, 3.8) is 0 Å². The number of aryl methyl sites for hydroxylation is 2. The molecular weight excluding hydrogens is 208 g/mol. The molecule has 0 spiro atoms. The molecule has 0 saturated heterocycles. The Morgan fingerprint density at radius 2 is 2.00 bits per heavy atom. The average molecular weight is 230 g/mol. The van der Waals surface area contributed by atoms with Crippen LogP contribution in [0.5, 0.6) is 0 Å². The van der Waals surface area contributed by atoms with E-state index in [2.05, 4.69) is 31.2 Å². The van der Waals surface area contributed by atoms with Gasteiger partial charge in [-0.1, -0.05) is 43.7 Å². The smallest absolute Gasteiger partial charge is 0.0971 e. The van der Waals surface area contributed by atoms with Crippen molar-refractivity contribution in [1.82, 2.24) is 0 Å². The molecule has 0 fully saturated rings. The van der Waals surface area contributed by atoms with Gasteiger partial charge in [0, 0.05) is 0 Å². The largest absolute Gasteiger partial charge is 0.384 e. The molecule has 0 radical (unpaired) electrons. The van der Waals surface area contributed by atoms with Gasteiger partial charge in [-0.15, -0.1) is 0 Å². The van der Waals surface area contributed by atoms with E-state index >= 15 is 0 Å². The van der Waals surface area contributed by atoms with Crippen LogP contribution in [-0.4, -0.2) is 5.11 Å². The molecule has 17 heavy (non-hydrogen) atoms. The zero-order valence-corrected chi connectivity index (χ0v) is 10.7. The van der Waals surface area contributed by atoms with E-state index in [1.807, 2.05) is 6.08 Å². The van der Waals surface area contributed by atoms with Gasteiger partial charge in [-0.25, -0.2) is 0 Å². The van der Waals surface area contributed by atoms with E-state index in [0.29, 0.717) is 0 Å². The SMILES string of the molecule is CCCC=CC(O)c1ccc2c(c1)CCCC2. The Labute approximate surface area is 104 Å². The average Bonchev–Trinajstić information content (AvgIpc) is 2.38. The number of benzene rings is 1. The molecule has 0 saturated carbocycles. The molecule has 2 rings (SSSR count). The van der Waals surface area contributed by atoms with Gasteiger partial charge in [0.05, 0.1) is 6.10 Å². The van der Waals surface area contributed by atoms with Crippen molar-refractivity contribution in [1.29, 1.82) is 0 Å². The second kappa shape index (κ2) is 6.02. The molecule has 1 unspecified atom stereocenters. The summed E-state index contributed by atoms with van der Waals surface area (Å²) < 4.78 is 0. The van der Waals surface area contributed by atoms with E-state index in [4.69, 9.17) is 0 Å². The molecule has 1 aliphatic rings. The minimum Gasteiger partial charge on any atom is -0.384 e. The van der Waals surface area contributed by atoms with Crippen LogP contribution in [-0.2, 0) is 12.8 Å². The third kappa shape index (κ3) is 3.19. The third-order valence-electron chi connectivity index (χ3n) is 3.49. The Morgan fingerprint density at radius 3 is 2.76 bits per heavy atom. The van der Waals surface area contributed by atoms with Crippen molar-refractivity contribution in [2.24, 2.45) is 0 Å². The number of hydrogen-bond acceptors (Lipinski definition) is 1. The lowest BCUT2D eigenvalue weighted by Gasteiger charge is -2.17.